The Hall–Kier alpha value is 0.380. The molecule has 0 bridgehead atoms. The van der Waals surface area contributed by atoms with Crippen molar-refractivity contribution in [2.24, 2.45) is 0 Å². The van der Waals surface area contributed by atoms with E-state index in [0.717, 1.165) is 0 Å². The van der Waals surface area contributed by atoms with Gasteiger partial charge in [-0.2, -0.15) is 0 Å². The lowest BCUT2D eigenvalue weighted by atomic mass is 10.4. The molecule has 0 spiro atoms. The first-order chi connectivity index (χ1) is 5.46. The summed E-state index contributed by atoms with van der Waals surface area (Å²) in [6.45, 7) is 0. The van der Waals surface area contributed by atoms with Gasteiger partial charge in [0, 0.05) is 0 Å². The normalized spacial score (nSPS) is 12.8. The third-order valence-corrected chi connectivity index (χ3v) is 2.47. The van der Waals surface area contributed by atoms with E-state index in [1.165, 1.54) is 0 Å². The zero-order chi connectivity index (χ0) is 9.46. The molecular formula is C6H2Cl4. The highest BCUT2D eigenvalue weighted by Gasteiger charge is 2.05. The lowest BCUT2D eigenvalue weighted by Crippen LogP contribution is -1.71. The van der Waals surface area contributed by atoms with Gasteiger partial charge in [0.2, 0.25) is 0 Å². The van der Waals surface area contributed by atoms with E-state index in [1.807, 2.05) is 0 Å². The molecule has 0 nitrogen and oxygen atoms in total. The summed E-state index contributed by atoms with van der Waals surface area (Å²) in [7, 11) is 0. The monoisotopic (exact) mass is 216 g/mol. The predicted octanol–water partition coefficient (Wildman–Crippen LogP) is 4.30. The Morgan fingerprint density at radius 2 is 1.20 bits per heavy atom. The Labute approximate surface area is 81.5 Å². The van der Waals surface area contributed by atoms with Crippen LogP contribution in [0.5, 0.6) is 0 Å². The summed E-state index contributed by atoms with van der Waals surface area (Å²) in [5.41, 5.74) is 0. The molecule has 4 heteroatoms. The van der Waals surface area contributed by atoms with Gasteiger partial charge in [-0.1, -0.05) is 46.4 Å². The Balaban J connectivity index is 3.60. The van der Waals surface area contributed by atoms with E-state index in [-0.39, 0.29) is 32.2 Å². The molecule has 0 aromatic heterocycles. The minimum Gasteiger partial charge on any atom is -0.0827 e. The van der Waals surface area contributed by atoms with Crippen molar-refractivity contribution in [2.75, 3.05) is 0 Å². The number of halogens is 4. The molecule has 0 fully saturated rings. The van der Waals surface area contributed by atoms with Gasteiger partial charge in [-0.15, -0.1) is 0 Å². The van der Waals surface area contributed by atoms with Crippen LogP contribution in [-0.2, 0) is 0 Å². The van der Waals surface area contributed by atoms with Gasteiger partial charge in [-0.25, -0.2) is 0 Å². The molecule has 0 saturated carbocycles. The quantitative estimate of drug-likeness (QED) is 0.449. The van der Waals surface area contributed by atoms with Crippen LogP contribution >= 0.6 is 46.4 Å². The molecule has 0 aliphatic heterocycles. The van der Waals surface area contributed by atoms with Gasteiger partial charge in [-0.3, -0.25) is 0 Å². The Morgan fingerprint density at radius 1 is 0.900 bits per heavy atom. The molecule has 0 heterocycles. The minimum absolute atomic E-state index is 0.0179. The van der Waals surface area contributed by atoms with Gasteiger partial charge in [0.25, 0.3) is 0 Å². The molecule has 0 radical (unpaired) electrons. The number of hydrogen-bond donors (Lipinski definition) is 0. The van der Waals surface area contributed by atoms with Crippen molar-refractivity contribution in [1.82, 2.24) is 0 Å². The van der Waals surface area contributed by atoms with Crippen molar-refractivity contribution < 1.29 is 2.74 Å². The van der Waals surface area contributed by atoms with Crippen LogP contribution in [0.4, 0.5) is 0 Å². The largest absolute Gasteiger partial charge is 0.0827 e. The molecule has 10 heavy (non-hydrogen) atoms. The van der Waals surface area contributed by atoms with Gasteiger partial charge in [-0.05, 0) is 12.1 Å². The Kier molecular flexibility index (Phi) is 1.90. The van der Waals surface area contributed by atoms with Crippen molar-refractivity contribution >= 4 is 46.4 Å². The van der Waals surface area contributed by atoms with E-state index >= 15 is 0 Å². The van der Waals surface area contributed by atoms with Crippen LogP contribution in [0.1, 0.15) is 2.74 Å². The highest BCUT2D eigenvalue weighted by Crippen LogP contribution is 2.34. The molecule has 0 saturated heterocycles. The first-order valence-electron chi connectivity index (χ1n) is 3.26. The maximum absolute atomic E-state index is 7.28. The van der Waals surface area contributed by atoms with E-state index in [0.29, 0.717) is 0 Å². The van der Waals surface area contributed by atoms with Crippen LogP contribution in [0.25, 0.3) is 0 Å². The fraction of sp³-hybridized carbons (Fsp3) is 0. The smallest absolute Gasteiger partial charge is 0.0793 e. The third-order valence-electron chi connectivity index (χ3n) is 0.860. The standard InChI is InChI=1S/C6H2Cl4/c7-3-1-2-4(8)6(10)5(3)9/h1-2H/i1D,2D. The molecule has 0 N–H and O–H groups in total. The first kappa shape index (κ1) is 5.96. The lowest BCUT2D eigenvalue weighted by molar-refractivity contribution is 1.70. The third kappa shape index (κ3) is 1.51. The molecular weight excluding hydrogens is 214 g/mol. The molecule has 0 amide bonds. The lowest BCUT2D eigenvalue weighted by Gasteiger charge is -1.98. The average molecular weight is 218 g/mol. The SMILES string of the molecule is [2H]c1c([2H])c(Cl)c(Cl)c(Cl)c1Cl. The van der Waals surface area contributed by atoms with Crippen molar-refractivity contribution in [3.05, 3.63) is 32.2 Å². The molecule has 1 aromatic carbocycles. The van der Waals surface area contributed by atoms with E-state index in [9.17, 15) is 0 Å². The Bertz CT molecular complexity index is 232. The van der Waals surface area contributed by atoms with Gasteiger partial charge >= 0.3 is 0 Å². The number of rotatable bonds is 0. The van der Waals surface area contributed by atoms with E-state index in [4.69, 9.17) is 49.1 Å². The van der Waals surface area contributed by atoms with Crippen molar-refractivity contribution in [1.29, 1.82) is 0 Å². The second-order valence-corrected chi connectivity index (χ2v) is 3.02. The summed E-state index contributed by atoms with van der Waals surface area (Å²) in [5.74, 6) is 0. The predicted molar refractivity (Wildman–Crippen MR) is 46.5 cm³/mol. The summed E-state index contributed by atoms with van der Waals surface area (Å²) in [6.07, 6.45) is 0. The zero-order valence-electron chi connectivity index (χ0n) is 6.51. The number of hydrogen-bond acceptors (Lipinski definition) is 0. The van der Waals surface area contributed by atoms with Gasteiger partial charge in [0.1, 0.15) is 0 Å². The molecule has 0 atom stereocenters. The van der Waals surface area contributed by atoms with E-state index < -0.39 is 0 Å². The molecule has 54 valence electrons. The molecule has 1 aromatic rings. The maximum Gasteiger partial charge on any atom is 0.0793 e. The second-order valence-electron chi connectivity index (χ2n) is 1.51. The van der Waals surface area contributed by atoms with E-state index in [1.54, 1.807) is 0 Å². The fourth-order valence-corrected chi connectivity index (χ4v) is 1.08. The molecule has 1 rings (SSSR count). The van der Waals surface area contributed by atoms with Crippen molar-refractivity contribution in [3.63, 3.8) is 0 Å². The summed E-state index contributed by atoms with van der Waals surface area (Å²) < 4.78 is 14.6. The van der Waals surface area contributed by atoms with Crippen LogP contribution in [0.15, 0.2) is 12.1 Å². The summed E-state index contributed by atoms with van der Waals surface area (Å²) in [4.78, 5) is 0. The van der Waals surface area contributed by atoms with Crippen LogP contribution in [0.3, 0.4) is 0 Å². The summed E-state index contributed by atoms with van der Waals surface area (Å²) >= 11 is 22.4. The highest BCUT2D eigenvalue weighted by atomic mass is 35.5. The minimum atomic E-state index is -0.212. The van der Waals surface area contributed by atoms with Crippen molar-refractivity contribution in [3.8, 4) is 0 Å². The van der Waals surface area contributed by atoms with Crippen LogP contribution in [0, 0.1) is 0 Å². The topological polar surface area (TPSA) is 0 Å². The average Bonchev–Trinajstić information content (AvgIpc) is 2.08. The number of benzene rings is 1. The fourth-order valence-electron chi connectivity index (χ4n) is 0.412. The van der Waals surface area contributed by atoms with Gasteiger partial charge in [0.05, 0.1) is 22.8 Å². The maximum atomic E-state index is 7.28. The van der Waals surface area contributed by atoms with Gasteiger partial charge in [0.15, 0.2) is 0 Å². The van der Waals surface area contributed by atoms with Crippen LogP contribution in [0.2, 0.25) is 20.1 Å². The second kappa shape index (κ2) is 3.19. The van der Waals surface area contributed by atoms with Crippen molar-refractivity contribution in [2.45, 2.75) is 0 Å². The molecule has 0 unspecified atom stereocenters. The van der Waals surface area contributed by atoms with E-state index in [2.05, 4.69) is 0 Å². The first-order valence-corrected chi connectivity index (χ1v) is 3.77. The van der Waals surface area contributed by atoms with Crippen LogP contribution < -0.4 is 0 Å². The molecule has 0 aliphatic carbocycles. The summed E-state index contributed by atoms with van der Waals surface area (Å²) in [6, 6.07) is -0.424. The zero-order valence-corrected chi connectivity index (χ0v) is 7.54. The van der Waals surface area contributed by atoms with Gasteiger partial charge < -0.3 is 0 Å². The summed E-state index contributed by atoms with van der Waals surface area (Å²) in [5, 5.41) is -0.0548. The van der Waals surface area contributed by atoms with Crippen LogP contribution in [-0.4, -0.2) is 0 Å². The Morgan fingerprint density at radius 3 is 1.50 bits per heavy atom. The molecule has 0 aliphatic rings. The highest BCUT2D eigenvalue weighted by molar-refractivity contribution is 6.51.